The van der Waals surface area contributed by atoms with Gasteiger partial charge < -0.3 is 14.6 Å². The first kappa shape index (κ1) is 19.1. The molecule has 0 bridgehead atoms. The fraction of sp³-hybridized carbons (Fsp3) is 0.500. The summed E-state index contributed by atoms with van der Waals surface area (Å²) in [5, 5.41) is 8.17. The van der Waals surface area contributed by atoms with E-state index in [1.165, 1.54) is 6.42 Å². The van der Waals surface area contributed by atoms with E-state index in [4.69, 9.17) is 4.74 Å². The molecule has 0 unspecified atom stereocenters. The molecular formula is C20H26N4O3. The SMILES string of the molecule is CCCOc1ccc(-c2nnc(CCC(=O)N3CCCCC3)c(=O)[nH]2)cc1. The van der Waals surface area contributed by atoms with Crippen LogP contribution in [0.2, 0.25) is 0 Å². The van der Waals surface area contributed by atoms with Crippen molar-refractivity contribution < 1.29 is 9.53 Å². The van der Waals surface area contributed by atoms with E-state index in [-0.39, 0.29) is 11.5 Å². The number of nitrogens with one attached hydrogen (secondary N) is 1. The number of rotatable bonds is 7. The van der Waals surface area contributed by atoms with Crippen molar-refractivity contribution in [2.45, 2.75) is 45.4 Å². The van der Waals surface area contributed by atoms with E-state index in [1.54, 1.807) is 0 Å². The van der Waals surface area contributed by atoms with Gasteiger partial charge in [-0.15, -0.1) is 10.2 Å². The maximum Gasteiger partial charge on any atom is 0.273 e. The normalized spacial score (nSPS) is 14.2. The fourth-order valence-corrected chi connectivity index (χ4v) is 3.11. The third-order valence-corrected chi connectivity index (χ3v) is 4.65. The van der Waals surface area contributed by atoms with Gasteiger partial charge in [-0.1, -0.05) is 6.92 Å². The number of H-pyrrole nitrogens is 1. The topological polar surface area (TPSA) is 88.2 Å². The predicted molar refractivity (Wildman–Crippen MR) is 103 cm³/mol. The highest BCUT2D eigenvalue weighted by atomic mass is 16.5. The number of hydrogen-bond acceptors (Lipinski definition) is 5. The average Bonchev–Trinajstić information content (AvgIpc) is 2.72. The summed E-state index contributed by atoms with van der Waals surface area (Å²) >= 11 is 0. The smallest absolute Gasteiger partial charge is 0.273 e. The number of likely N-dealkylation sites (tertiary alicyclic amines) is 1. The van der Waals surface area contributed by atoms with Crippen LogP contribution in [0.3, 0.4) is 0 Å². The Labute approximate surface area is 158 Å². The number of aryl methyl sites for hydroxylation is 1. The van der Waals surface area contributed by atoms with Gasteiger partial charge in [0.25, 0.3) is 5.56 Å². The minimum absolute atomic E-state index is 0.0858. The summed E-state index contributed by atoms with van der Waals surface area (Å²) in [7, 11) is 0. The minimum Gasteiger partial charge on any atom is -0.494 e. The van der Waals surface area contributed by atoms with Crippen molar-refractivity contribution in [3.05, 3.63) is 40.3 Å². The Kier molecular flexibility index (Phi) is 6.57. The Morgan fingerprint density at radius 3 is 2.56 bits per heavy atom. The first-order chi connectivity index (χ1) is 13.2. The summed E-state index contributed by atoms with van der Waals surface area (Å²) in [6, 6.07) is 7.36. The highest BCUT2D eigenvalue weighted by Gasteiger charge is 2.17. The zero-order chi connectivity index (χ0) is 19.1. The van der Waals surface area contributed by atoms with Gasteiger partial charge in [0.1, 0.15) is 11.4 Å². The number of hydrogen-bond donors (Lipinski definition) is 1. The Hall–Kier alpha value is -2.70. The van der Waals surface area contributed by atoms with Gasteiger partial charge in [0, 0.05) is 31.5 Å². The zero-order valence-electron chi connectivity index (χ0n) is 15.7. The molecule has 0 saturated carbocycles. The maximum atomic E-state index is 12.3. The standard InChI is InChI=1S/C20H26N4O3/c1-2-14-27-16-8-6-15(7-9-16)19-21-20(26)17(22-23-19)10-11-18(25)24-12-4-3-5-13-24/h6-9H,2-5,10-14H2,1H3,(H,21,23,26). The summed E-state index contributed by atoms with van der Waals surface area (Å²) in [5.41, 5.74) is 0.768. The van der Waals surface area contributed by atoms with Gasteiger partial charge in [-0.3, -0.25) is 9.59 Å². The van der Waals surface area contributed by atoms with Gasteiger partial charge in [-0.05, 0) is 49.9 Å². The molecule has 1 aromatic carbocycles. The van der Waals surface area contributed by atoms with E-state index < -0.39 is 0 Å². The number of carbonyl (C=O) groups is 1. The van der Waals surface area contributed by atoms with Crippen LogP contribution in [0.25, 0.3) is 11.4 Å². The van der Waals surface area contributed by atoms with Crippen molar-refractivity contribution in [3.8, 4) is 17.1 Å². The van der Waals surface area contributed by atoms with E-state index in [0.717, 1.165) is 43.7 Å². The Morgan fingerprint density at radius 1 is 1.15 bits per heavy atom. The van der Waals surface area contributed by atoms with Crippen LogP contribution in [0.15, 0.2) is 29.1 Å². The molecule has 0 aliphatic carbocycles. The number of carbonyl (C=O) groups excluding carboxylic acids is 1. The summed E-state index contributed by atoms with van der Waals surface area (Å²) in [4.78, 5) is 29.2. The van der Waals surface area contributed by atoms with Crippen LogP contribution < -0.4 is 10.3 Å². The van der Waals surface area contributed by atoms with Crippen LogP contribution in [0, 0.1) is 0 Å². The number of ether oxygens (including phenoxy) is 1. The fourth-order valence-electron chi connectivity index (χ4n) is 3.11. The van der Waals surface area contributed by atoms with Crippen LogP contribution in [0.4, 0.5) is 0 Å². The third kappa shape index (κ3) is 5.15. The van der Waals surface area contributed by atoms with E-state index in [0.29, 0.717) is 31.0 Å². The van der Waals surface area contributed by atoms with Gasteiger partial charge in [0.05, 0.1) is 6.61 Å². The summed E-state index contributed by atoms with van der Waals surface area (Å²) < 4.78 is 5.55. The number of piperidine rings is 1. The van der Waals surface area contributed by atoms with Gasteiger partial charge in [-0.25, -0.2) is 0 Å². The number of aromatic amines is 1. The maximum absolute atomic E-state index is 12.3. The average molecular weight is 370 g/mol. The lowest BCUT2D eigenvalue weighted by atomic mass is 10.1. The van der Waals surface area contributed by atoms with Gasteiger partial charge in [-0.2, -0.15) is 0 Å². The molecule has 2 aromatic rings. The highest BCUT2D eigenvalue weighted by Crippen LogP contribution is 2.18. The second-order valence-corrected chi connectivity index (χ2v) is 6.76. The lowest BCUT2D eigenvalue weighted by molar-refractivity contribution is -0.132. The molecule has 27 heavy (non-hydrogen) atoms. The van der Waals surface area contributed by atoms with Crippen LogP contribution in [-0.2, 0) is 11.2 Å². The van der Waals surface area contributed by atoms with E-state index in [9.17, 15) is 9.59 Å². The summed E-state index contributed by atoms with van der Waals surface area (Å²) in [6.07, 6.45) is 4.85. The van der Waals surface area contributed by atoms with Crippen molar-refractivity contribution in [1.29, 1.82) is 0 Å². The number of nitrogens with zero attached hydrogens (tertiary/aromatic N) is 3. The molecule has 144 valence electrons. The second-order valence-electron chi connectivity index (χ2n) is 6.76. The molecule has 1 fully saturated rings. The summed E-state index contributed by atoms with van der Waals surface area (Å²) in [5.74, 6) is 1.28. The van der Waals surface area contributed by atoms with Crippen molar-refractivity contribution in [2.75, 3.05) is 19.7 Å². The van der Waals surface area contributed by atoms with E-state index in [1.807, 2.05) is 29.2 Å². The van der Waals surface area contributed by atoms with E-state index in [2.05, 4.69) is 22.1 Å². The molecule has 0 spiro atoms. The molecule has 0 radical (unpaired) electrons. The summed E-state index contributed by atoms with van der Waals surface area (Å²) in [6.45, 7) is 4.35. The number of amides is 1. The molecule has 1 aromatic heterocycles. The monoisotopic (exact) mass is 370 g/mol. The molecule has 1 aliphatic rings. The van der Waals surface area contributed by atoms with Crippen LogP contribution in [0.1, 0.15) is 44.7 Å². The molecule has 7 heteroatoms. The molecular weight excluding hydrogens is 344 g/mol. The molecule has 1 saturated heterocycles. The van der Waals surface area contributed by atoms with Crippen molar-refractivity contribution in [1.82, 2.24) is 20.1 Å². The molecule has 7 nitrogen and oxygen atoms in total. The van der Waals surface area contributed by atoms with Crippen LogP contribution in [0.5, 0.6) is 5.75 Å². The molecule has 1 aliphatic heterocycles. The molecule has 3 rings (SSSR count). The van der Waals surface area contributed by atoms with Crippen molar-refractivity contribution in [2.24, 2.45) is 0 Å². The number of aromatic nitrogens is 3. The first-order valence-corrected chi connectivity index (χ1v) is 9.64. The zero-order valence-corrected chi connectivity index (χ0v) is 15.7. The van der Waals surface area contributed by atoms with Gasteiger partial charge >= 0.3 is 0 Å². The Balaban J connectivity index is 1.61. The van der Waals surface area contributed by atoms with Crippen LogP contribution in [-0.4, -0.2) is 45.7 Å². The lowest BCUT2D eigenvalue weighted by Crippen LogP contribution is -2.36. The van der Waals surface area contributed by atoms with Crippen molar-refractivity contribution >= 4 is 5.91 Å². The molecule has 1 amide bonds. The number of benzene rings is 1. The molecule has 2 heterocycles. The van der Waals surface area contributed by atoms with E-state index >= 15 is 0 Å². The van der Waals surface area contributed by atoms with Gasteiger partial charge in [0.15, 0.2) is 5.82 Å². The first-order valence-electron chi connectivity index (χ1n) is 9.64. The van der Waals surface area contributed by atoms with Crippen LogP contribution >= 0.6 is 0 Å². The Bertz CT molecular complexity index is 811. The minimum atomic E-state index is -0.294. The van der Waals surface area contributed by atoms with Gasteiger partial charge in [0.2, 0.25) is 5.91 Å². The van der Waals surface area contributed by atoms with Crippen molar-refractivity contribution in [3.63, 3.8) is 0 Å². The predicted octanol–water partition coefficient (Wildman–Crippen LogP) is 2.57. The highest BCUT2D eigenvalue weighted by molar-refractivity contribution is 5.76. The lowest BCUT2D eigenvalue weighted by Gasteiger charge is -2.26. The third-order valence-electron chi connectivity index (χ3n) is 4.65. The largest absolute Gasteiger partial charge is 0.494 e. The quantitative estimate of drug-likeness (QED) is 0.809. The molecule has 1 N–H and O–H groups in total. The second kappa shape index (κ2) is 9.30. The Morgan fingerprint density at radius 2 is 1.89 bits per heavy atom. The molecule has 0 atom stereocenters.